The van der Waals surface area contributed by atoms with Crippen molar-refractivity contribution in [2.75, 3.05) is 32.8 Å². The molecule has 0 atom stereocenters. The number of piperidine rings is 1. The van der Waals surface area contributed by atoms with Crippen LogP contribution in [0.4, 0.5) is 0 Å². The highest BCUT2D eigenvalue weighted by atomic mass is 16.5. The predicted molar refractivity (Wildman–Crippen MR) is 103 cm³/mol. The Morgan fingerprint density at radius 2 is 2.00 bits per heavy atom. The second-order valence-corrected chi connectivity index (χ2v) is 6.77. The van der Waals surface area contributed by atoms with Gasteiger partial charge in [-0.1, -0.05) is 0 Å². The van der Waals surface area contributed by atoms with E-state index < -0.39 is 0 Å². The summed E-state index contributed by atoms with van der Waals surface area (Å²) in [6, 6.07) is 0. The largest absolute Gasteiger partial charge is 0.466 e. The molecule has 2 rings (SSSR count). The van der Waals surface area contributed by atoms with Crippen LogP contribution in [0.15, 0.2) is 4.99 Å². The van der Waals surface area contributed by atoms with Crippen LogP contribution in [0, 0.1) is 19.8 Å². The van der Waals surface area contributed by atoms with Crippen LogP contribution >= 0.6 is 0 Å². The first-order valence-electron chi connectivity index (χ1n) is 9.66. The lowest BCUT2D eigenvalue weighted by Crippen LogP contribution is -2.46. The number of aromatic nitrogens is 2. The molecule has 0 saturated carbocycles. The van der Waals surface area contributed by atoms with E-state index in [1.807, 2.05) is 18.7 Å². The maximum absolute atomic E-state index is 11.9. The summed E-state index contributed by atoms with van der Waals surface area (Å²) in [6.07, 6.45) is 2.54. The summed E-state index contributed by atoms with van der Waals surface area (Å²) in [5, 5.41) is 7.85. The van der Waals surface area contributed by atoms with Crippen molar-refractivity contribution in [1.29, 1.82) is 0 Å². The van der Waals surface area contributed by atoms with Crippen molar-refractivity contribution in [3.05, 3.63) is 17.0 Å². The van der Waals surface area contributed by atoms with Gasteiger partial charge in [0.1, 0.15) is 0 Å². The molecule has 1 saturated heterocycles. The smallest absolute Gasteiger partial charge is 0.309 e. The number of hydrogen-bond acceptors (Lipinski definition) is 4. The number of likely N-dealkylation sites (tertiary alicyclic amines) is 1. The number of nitrogens with one attached hydrogen (secondary N) is 1. The van der Waals surface area contributed by atoms with Crippen LogP contribution in [-0.4, -0.2) is 59.4 Å². The van der Waals surface area contributed by atoms with Gasteiger partial charge < -0.3 is 15.0 Å². The third-order valence-corrected chi connectivity index (χ3v) is 5.03. The molecule has 2 heterocycles. The van der Waals surface area contributed by atoms with Crippen molar-refractivity contribution in [2.24, 2.45) is 18.0 Å². The molecule has 1 aromatic heterocycles. The van der Waals surface area contributed by atoms with Gasteiger partial charge in [-0.3, -0.25) is 14.5 Å². The Morgan fingerprint density at radius 3 is 2.54 bits per heavy atom. The van der Waals surface area contributed by atoms with E-state index in [4.69, 9.17) is 9.73 Å². The normalized spacial score (nSPS) is 16.0. The Balaban J connectivity index is 1.94. The first-order valence-corrected chi connectivity index (χ1v) is 9.66. The van der Waals surface area contributed by atoms with Gasteiger partial charge in [0.15, 0.2) is 5.96 Å². The van der Waals surface area contributed by atoms with Gasteiger partial charge in [0.2, 0.25) is 0 Å². The molecule has 146 valence electrons. The Hall–Kier alpha value is -2.05. The van der Waals surface area contributed by atoms with E-state index in [-0.39, 0.29) is 11.9 Å². The molecule has 0 radical (unpaired) electrons. The number of ether oxygens (including phenoxy) is 1. The van der Waals surface area contributed by atoms with E-state index in [0.717, 1.165) is 57.1 Å². The second kappa shape index (κ2) is 9.59. The summed E-state index contributed by atoms with van der Waals surface area (Å²) >= 11 is 0. The molecule has 0 unspecified atom stereocenters. The minimum absolute atomic E-state index is 0.0229. The Bertz CT molecular complexity index is 630. The molecule has 0 aromatic carbocycles. The Morgan fingerprint density at radius 1 is 1.31 bits per heavy atom. The monoisotopic (exact) mass is 363 g/mol. The molecular weight excluding hydrogens is 330 g/mol. The van der Waals surface area contributed by atoms with Crippen molar-refractivity contribution in [1.82, 2.24) is 20.0 Å². The van der Waals surface area contributed by atoms with Crippen molar-refractivity contribution in [2.45, 2.75) is 47.0 Å². The Labute approximate surface area is 156 Å². The fourth-order valence-corrected chi connectivity index (χ4v) is 3.47. The third-order valence-electron chi connectivity index (χ3n) is 5.03. The lowest BCUT2D eigenvalue weighted by molar-refractivity contribution is -0.149. The van der Waals surface area contributed by atoms with E-state index in [1.165, 1.54) is 11.3 Å². The van der Waals surface area contributed by atoms with Gasteiger partial charge >= 0.3 is 5.97 Å². The van der Waals surface area contributed by atoms with Crippen LogP contribution in [-0.2, 0) is 23.0 Å². The van der Waals surface area contributed by atoms with E-state index in [2.05, 4.69) is 36.1 Å². The lowest BCUT2D eigenvalue weighted by Gasteiger charge is -2.33. The third kappa shape index (κ3) is 4.99. The summed E-state index contributed by atoms with van der Waals surface area (Å²) < 4.78 is 7.08. The molecule has 26 heavy (non-hydrogen) atoms. The summed E-state index contributed by atoms with van der Waals surface area (Å²) in [7, 11) is 1.98. The van der Waals surface area contributed by atoms with Gasteiger partial charge in [0.25, 0.3) is 0 Å². The van der Waals surface area contributed by atoms with E-state index in [0.29, 0.717) is 6.61 Å². The standard InChI is InChI=1S/C19H33N5O2/c1-6-20-19(21-11-8-17-14(3)22-23(5)15(17)4)24-12-9-16(10-13-24)18(25)26-7-2/h16H,6-13H2,1-5H3,(H,20,21). The average Bonchev–Trinajstić information content (AvgIpc) is 2.87. The van der Waals surface area contributed by atoms with E-state index in [9.17, 15) is 4.79 Å². The predicted octanol–water partition coefficient (Wildman–Crippen LogP) is 1.82. The molecule has 1 aromatic rings. The van der Waals surface area contributed by atoms with Gasteiger partial charge in [-0.25, -0.2) is 0 Å². The lowest BCUT2D eigenvalue weighted by atomic mass is 9.97. The molecule has 0 spiro atoms. The quantitative estimate of drug-likeness (QED) is 0.474. The molecule has 1 N–H and O–H groups in total. The van der Waals surface area contributed by atoms with Gasteiger partial charge in [-0.15, -0.1) is 0 Å². The fraction of sp³-hybridized carbons (Fsp3) is 0.737. The number of rotatable bonds is 6. The van der Waals surface area contributed by atoms with Crippen molar-refractivity contribution >= 4 is 11.9 Å². The summed E-state index contributed by atoms with van der Waals surface area (Å²) in [6.45, 7) is 11.8. The first-order chi connectivity index (χ1) is 12.5. The minimum atomic E-state index is -0.0587. The number of nitrogens with zero attached hydrogens (tertiary/aromatic N) is 4. The zero-order valence-corrected chi connectivity index (χ0v) is 16.8. The van der Waals surface area contributed by atoms with Crippen molar-refractivity contribution in [3.63, 3.8) is 0 Å². The first kappa shape index (κ1) is 20.3. The van der Waals surface area contributed by atoms with Gasteiger partial charge in [-0.05, 0) is 52.5 Å². The Kier molecular flexibility index (Phi) is 7.48. The second-order valence-electron chi connectivity index (χ2n) is 6.77. The fourth-order valence-electron chi connectivity index (χ4n) is 3.47. The number of esters is 1. The van der Waals surface area contributed by atoms with Crippen LogP contribution in [0.25, 0.3) is 0 Å². The highest BCUT2D eigenvalue weighted by molar-refractivity contribution is 5.80. The van der Waals surface area contributed by atoms with Crippen molar-refractivity contribution < 1.29 is 9.53 Å². The van der Waals surface area contributed by atoms with Crippen LogP contribution in [0.2, 0.25) is 0 Å². The van der Waals surface area contributed by atoms with Crippen LogP contribution in [0.1, 0.15) is 43.6 Å². The SMILES string of the molecule is CCNC(=NCCc1c(C)nn(C)c1C)N1CCC(C(=O)OCC)CC1. The molecule has 7 heteroatoms. The summed E-state index contributed by atoms with van der Waals surface area (Å²) in [4.78, 5) is 19.0. The number of carbonyl (C=O) groups is 1. The summed E-state index contributed by atoms with van der Waals surface area (Å²) in [5.41, 5.74) is 3.58. The molecule has 1 aliphatic rings. The molecule has 0 amide bonds. The maximum atomic E-state index is 11.9. The van der Waals surface area contributed by atoms with Crippen LogP contribution in [0.5, 0.6) is 0 Å². The highest BCUT2D eigenvalue weighted by Crippen LogP contribution is 2.19. The molecular formula is C19H33N5O2. The topological polar surface area (TPSA) is 71.8 Å². The molecule has 7 nitrogen and oxygen atoms in total. The molecule has 0 bridgehead atoms. The number of guanidine groups is 1. The van der Waals surface area contributed by atoms with E-state index >= 15 is 0 Å². The molecule has 0 aliphatic carbocycles. The van der Waals surface area contributed by atoms with Gasteiger partial charge in [0.05, 0.1) is 18.2 Å². The highest BCUT2D eigenvalue weighted by Gasteiger charge is 2.27. The average molecular weight is 364 g/mol. The number of aliphatic imine (C=N–C) groups is 1. The van der Waals surface area contributed by atoms with Gasteiger partial charge in [0, 0.05) is 38.9 Å². The maximum Gasteiger partial charge on any atom is 0.309 e. The van der Waals surface area contributed by atoms with Gasteiger partial charge in [-0.2, -0.15) is 5.10 Å². The number of carbonyl (C=O) groups excluding carboxylic acids is 1. The zero-order valence-electron chi connectivity index (χ0n) is 16.8. The minimum Gasteiger partial charge on any atom is -0.466 e. The summed E-state index contributed by atoms with van der Waals surface area (Å²) in [5.74, 6) is 0.903. The zero-order chi connectivity index (χ0) is 19.1. The van der Waals surface area contributed by atoms with E-state index in [1.54, 1.807) is 0 Å². The van der Waals surface area contributed by atoms with Crippen LogP contribution in [0.3, 0.4) is 0 Å². The molecule has 1 aliphatic heterocycles. The van der Waals surface area contributed by atoms with Crippen molar-refractivity contribution in [3.8, 4) is 0 Å². The molecule has 1 fully saturated rings. The number of hydrogen-bond donors (Lipinski definition) is 1. The number of aryl methyl sites for hydroxylation is 2. The van der Waals surface area contributed by atoms with Crippen LogP contribution < -0.4 is 5.32 Å².